The van der Waals surface area contributed by atoms with E-state index in [2.05, 4.69) is 39.2 Å². The Hall–Kier alpha value is -2.28. The van der Waals surface area contributed by atoms with Crippen LogP contribution in [-0.2, 0) is 0 Å². The SMILES string of the molecule is CCN(CC)CCCNC(=O)c1ccc(-n2cnnc2)nc1. The third-order valence-corrected chi connectivity index (χ3v) is 3.52. The second-order valence-electron chi connectivity index (χ2n) is 4.91. The van der Waals surface area contributed by atoms with Crippen molar-refractivity contribution in [1.29, 1.82) is 0 Å². The van der Waals surface area contributed by atoms with Gasteiger partial charge in [-0.2, -0.15) is 0 Å². The van der Waals surface area contributed by atoms with Crippen LogP contribution in [0.15, 0.2) is 31.0 Å². The molecule has 7 heteroatoms. The Morgan fingerprint density at radius 3 is 2.55 bits per heavy atom. The highest BCUT2D eigenvalue weighted by Gasteiger charge is 2.07. The Kier molecular flexibility index (Phi) is 6.02. The summed E-state index contributed by atoms with van der Waals surface area (Å²) in [6.45, 7) is 8.04. The van der Waals surface area contributed by atoms with Crippen molar-refractivity contribution in [2.24, 2.45) is 0 Å². The highest BCUT2D eigenvalue weighted by molar-refractivity contribution is 5.93. The topological polar surface area (TPSA) is 75.9 Å². The van der Waals surface area contributed by atoms with Crippen LogP contribution >= 0.6 is 0 Å². The fourth-order valence-electron chi connectivity index (χ4n) is 2.14. The lowest BCUT2D eigenvalue weighted by atomic mass is 10.2. The molecule has 0 spiro atoms. The number of aromatic nitrogens is 4. The molecule has 2 heterocycles. The first-order chi connectivity index (χ1) is 10.7. The minimum Gasteiger partial charge on any atom is -0.352 e. The molecule has 22 heavy (non-hydrogen) atoms. The van der Waals surface area contributed by atoms with Gasteiger partial charge in [-0.3, -0.25) is 9.36 Å². The Morgan fingerprint density at radius 2 is 1.95 bits per heavy atom. The summed E-state index contributed by atoms with van der Waals surface area (Å²) in [6.07, 6.45) is 5.64. The van der Waals surface area contributed by atoms with Gasteiger partial charge < -0.3 is 10.2 Å². The lowest BCUT2D eigenvalue weighted by molar-refractivity contribution is 0.0951. The molecular weight excluding hydrogens is 280 g/mol. The van der Waals surface area contributed by atoms with Crippen molar-refractivity contribution in [2.45, 2.75) is 20.3 Å². The van der Waals surface area contributed by atoms with Crippen molar-refractivity contribution in [1.82, 2.24) is 30.0 Å². The standard InChI is InChI=1S/C15H22N6O/c1-3-20(4-2)9-5-8-16-15(22)13-6-7-14(17-10-13)21-11-18-19-12-21/h6-7,10-12H,3-5,8-9H2,1-2H3,(H,16,22). The molecule has 2 aromatic rings. The summed E-state index contributed by atoms with van der Waals surface area (Å²) in [4.78, 5) is 18.6. The molecule has 118 valence electrons. The average molecular weight is 302 g/mol. The van der Waals surface area contributed by atoms with Crippen molar-refractivity contribution >= 4 is 5.91 Å². The molecule has 0 aliphatic heterocycles. The lowest BCUT2D eigenvalue weighted by Gasteiger charge is -2.17. The van der Waals surface area contributed by atoms with Gasteiger partial charge >= 0.3 is 0 Å². The summed E-state index contributed by atoms with van der Waals surface area (Å²) >= 11 is 0. The van der Waals surface area contributed by atoms with E-state index in [0.29, 0.717) is 17.9 Å². The predicted molar refractivity (Wildman–Crippen MR) is 83.9 cm³/mol. The Morgan fingerprint density at radius 1 is 1.23 bits per heavy atom. The zero-order valence-corrected chi connectivity index (χ0v) is 13.1. The minimum absolute atomic E-state index is 0.0950. The van der Waals surface area contributed by atoms with Gasteiger partial charge in [-0.1, -0.05) is 13.8 Å². The van der Waals surface area contributed by atoms with Crippen molar-refractivity contribution < 1.29 is 4.79 Å². The molecule has 0 aliphatic rings. The molecule has 1 amide bonds. The minimum atomic E-state index is -0.0950. The number of pyridine rings is 1. The molecule has 0 bridgehead atoms. The predicted octanol–water partition coefficient (Wildman–Crippen LogP) is 1.12. The van der Waals surface area contributed by atoms with E-state index in [1.807, 2.05) is 0 Å². The maximum Gasteiger partial charge on any atom is 0.252 e. The van der Waals surface area contributed by atoms with Gasteiger partial charge in [0.15, 0.2) is 0 Å². The quantitative estimate of drug-likeness (QED) is 0.740. The normalized spacial score (nSPS) is 10.9. The van der Waals surface area contributed by atoms with Crippen LogP contribution < -0.4 is 5.32 Å². The first-order valence-corrected chi connectivity index (χ1v) is 7.56. The van der Waals surface area contributed by atoms with Gasteiger partial charge in [0.1, 0.15) is 18.5 Å². The Labute approximate surface area is 130 Å². The van der Waals surface area contributed by atoms with Crippen LogP contribution in [0.5, 0.6) is 0 Å². The van der Waals surface area contributed by atoms with E-state index in [4.69, 9.17) is 0 Å². The molecule has 1 N–H and O–H groups in total. The van der Waals surface area contributed by atoms with Crippen molar-refractivity contribution in [3.05, 3.63) is 36.5 Å². The van der Waals surface area contributed by atoms with Gasteiger partial charge in [-0.15, -0.1) is 10.2 Å². The molecule has 0 aliphatic carbocycles. The average Bonchev–Trinajstić information content (AvgIpc) is 3.09. The second-order valence-corrected chi connectivity index (χ2v) is 4.91. The largest absolute Gasteiger partial charge is 0.352 e. The van der Waals surface area contributed by atoms with Gasteiger partial charge in [-0.25, -0.2) is 4.98 Å². The number of carbonyl (C=O) groups excluding carboxylic acids is 1. The van der Waals surface area contributed by atoms with Crippen molar-refractivity contribution in [3.8, 4) is 5.82 Å². The van der Waals surface area contributed by atoms with E-state index < -0.39 is 0 Å². The zero-order valence-electron chi connectivity index (χ0n) is 13.1. The molecule has 2 rings (SSSR count). The van der Waals surface area contributed by atoms with Gasteiger partial charge in [0.2, 0.25) is 0 Å². The summed E-state index contributed by atoms with van der Waals surface area (Å²) in [5, 5.41) is 10.4. The summed E-state index contributed by atoms with van der Waals surface area (Å²) in [5.74, 6) is 0.588. The molecule has 2 aromatic heterocycles. The number of nitrogens with zero attached hydrogens (tertiary/aromatic N) is 5. The number of rotatable bonds is 8. The van der Waals surface area contributed by atoms with Crippen LogP contribution in [0.25, 0.3) is 5.82 Å². The van der Waals surface area contributed by atoms with E-state index in [1.54, 1.807) is 35.6 Å². The van der Waals surface area contributed by atoms with E-state index >= 15 is 0 Å². The third-order valence-electron chi connectivity index (χ3n) is 3.52. The summed E-state index contributed by atoms with van der Waals surface area (Å²) in [7, 11) is 0. The third kappa shape index (κ3) is 4.36. The molecule has 0 saturated heterocycles. The van der Waals surface area contributed by atoms with Crippen LogP contribution in [0.2, 0.25) is 0 Å². The van der Waals surface area contributed by atoms with Gasteiger partial charge in [0.25, 0.3) is 5.91 Å². The number of amides is 1. The number of nitrogens with one attached hydrogen (secondary N) is 1. The number of hydrogen-bond donors (Lipinski definition) is 1. The molecule has 0 atom stereocenters. The van der Waals surface area contributed by atoms with Crippen LogP contribution in [0.1, 0.15) is 30.6 Å². The first kappa shape index (κ1) is 16.1. The van der Waals surface area contributed by atoms with Crippen molar-refractivity contribution in [2.75, 3.05) is 26.2 Å². The first-order valence-electron chi connectivity index (χ1n) is 7.56. The fraction of sp³-hybridized carbons (Fsp3) is 0.467. The monoisotopic (exact) mass is 302 g/mol. The van der Waals surface area contributed by atoms with E-state index in [-0.39, 0.29) is 5.91 Å². The molecule has 0 radical (unpaired) electrons. The van der Waals surface area contributed by atoms with Crippen molar-refractivity contribution in [3.63, 3.8) is 0 Å². The maximum atomic E-state index is 12.0. The molecule has 0 saturated carbocycles. The summed E-state index contributed by atoms with van der Waals surface area (Å²) in [6, 6.07) is 3.52. The second kappa shape index (κ2) is 8.23. The van der Waals surface area contributed by atoms with Gasteiger partial charge in [0.05, 0.1) is 5.56 Å². The lowest BCUT2D eigenvalue weighted by Crippen LogP contribution is -2.30. The highest BCUT2D eigenvalue weighted by Crippen LogP contribution is 2.04. The fourth-order valence-corrected chi connectivity index (χ4v) is 2.14. The number of hydrogen-bond acceptors (Lipinski definition) is 5. The van der Waals surface area contributed by atoms with Crippen LogP contribution in [0.3, 0.4) is 0 Å². The van der Waals surface area contributed by atoms with Crippen LogP contribution in [0, 0.1) is 0 Å². The molecule has 0 aromatic carbocycles. The van der Waals surface area contributed by atoms with Gasteiger partial charge in [0, 0.05) is 12.7 Å². The molecule has 0 unspecified atom stereocenters. The molecule has 7 nitrogen and oxygen atoms in total. The smallest absolute Gasteiger partial charge is 0.252 e. The summed E-state index contributed by atoms with van der Waals surface area (Å²) in [5.41, 5.74) is 0.555. The zero-order chi connectivity index (χ0) is 15.8. The van der Waals surface area contributed by atoms with Crippen LogP contribution in [-0.4, -0.2) is 56.7 Å². The van der Waals surface area contributed by atoms with Crippen LogP contribution in [0.4, 0.5) is 0 Å². The van der Waals surface area contributed by atoms with Gasteiger partial charge in [-0.05, 0) is 38.2 Å². The Bertz CT molecular complexity index is 562. The maximum absolute atomic E-state index is 12.0. The van der Waals surface area contributed by atoms with E-state index in [9.17, 15) is 4.79 Å². The number of carbonyl (C=O) groups is 1. The molecular formula is C15H22N6O. The highest BCUT2D eigenvalue weighted by atomic mass is 16.1. The van der Waals surface area contributed by atoms with E-state index in [1.165, 1.54) is 0 Å². The Balaban J connectivity index is 1.80. The summed E-state index contributed by atoms with van der Waals surface area (Å²) < 4.78 is 1.69. The molecule has 0 fully saturated rings. The van der Waals surface area contributed by atoms with E-state index in [0.717, 1.165) is 26.1 Å².